The van der Waals surface area contributed by atoms with Crippen LogP contribution >= 0.6 is 35.0 Å². The predicted molar refractivity (Wildman–Crippen MR) is 159 cm³/mol. The molecule has 1 saturated heterocycles. The van der Waals surface area contributed by atoms with Crippen LogP contribution in [-0.2, 0) is 28.4 Å². The van der Waals surface area contributed by atoms with Gasteiger partial charge in [-0.3, -0.25) is 0 Å². The zero-order valence-corrected chi connectivity index (χ0v) is 25.7. The highest BCUT2D eigenvalue weighted by Gasteiger charge is 2.45. The minimum absolute atomic E-state index is 0.286. The Morgan fingerprint density at radius 2 is 1.84 bits per heavy atom. The summed E-state index contributed by atoms with van der Waals surface area (Å²) in [5, 5.41) is 29.3. The summed E-state index contributed by atoms with van der Waals surface area (Å²) in [4.78, 5) is 25.4. The smallest absolute Gasteiger partial charge is 0.291 e. The number of thioether (sulfide) groups is 1. The van der Waals surface area contributed by atoms with E-state index in [2.05, 4.69) is 21.5 Å². The summed E-state index contributed by atoms with van der Waals surface area (Å²) >= 11 is 14.3. The number of ether oxygens (including phenoxy) is 3. The largest absolute Gasteiger partial charge is 0.491 e. The summed E-state index contributed by atoms with van der Waals surface area (Å²) < 4.78 is 22.9. The molecule has 236 valence electrons. The van der Waals surface area contributed by atoms with Crippen LogP contribution < -0.4 is 4.74 Å². The zero-order valence-electron chi connectivity index (χ0n) is 23.4. The molecule has 2 aromatic carbocycles. The number of imidazole rings is 2. The fraction of sp³-hybridized carbons (Fsp3) is 0.308. The lowest BCUT2D eigenvalue weighted by atomic mass is 10.1. The summed E-state index contributed by atoms with van der Waals surface area (Å²) in [6.45, 7) is 4.07. The van der Waals surface area contributed by atoms with Crippen LogP contribution in [0.25, 0.3) is 11.3 Å². The average molecular weight is 672 g/mol. The predicted octanol–water partition coefficient (Wildman–Crippen LogP) is 5.45. The van der Waals surface area contributed by atoms with Gasteiger partial charge in [-0.1, -0.05) is 41.0 Å². The van der Waals surface area contributed by atoms with Gasteiger partial charge in [0.05, 0.1) is 36.4 Å². The summed E-state index contributed by atoms with van der Waals surface area (Å²) in [6, 6.07) is 13.3. The van der Waals surface area contributed by atoms with Gasteiger partial charge in [-0.15, -0.1) is 20.2 Å². The SMILES string of the molecule is CCn1c(-c2ccc(OCC3COC(Cn4ccnc4)(c4ccc(Cl)cc4Cl)O3)cc2)cnc1SC.O=[N+]([O-])O.O=[N+]([O-])O. The van der Waals surface area contributed by atoms with Gasteiger partial charge in [-0.2, -0.15) is 0 Å². The van der Waals surface area contributed by atoms with Gasteiger partial charge in [0.1, 0.15) is 18.5 Å². The van der Waals surface area contributed by atoms with E-state index in [4.69, 9.17) is 68.1 Å². The molecule has 18 heteroatoms. The molecule has 0 radical (unpaired) electrons. The van der Waals surface area contributed by atoms with Crippen molar-refractivity contribution in [2.45, 2.75) is 37.1 Å². The van der Waals surface area contributed by atoms with Crippen molar-refractivity contribution in [2.24, 2.45) is 0 Å². The summed E-state index contributed by atoms with van der Waals surface area (Å²) in [6.07, 6.45) is 8.95. The maximum atomic E-state index is 8.36. The molecule has 1 aliphatic heterocycles. The van der Waals surface area contributed by atoms with E-state index in [1.807, 2.05) is 53.5 Å². The highest BCUT2D eigenvalue weighted by atomic mass is 35.5. The lowest BCUT2D eigenvalue weighted by molar-refractivity contribution is -0.742. The molecule has 2 unspecified atom stereocenters. The van der Waals surface area contributed by atoms with Crippen molar-refractivity contribution in [2.75, 3.05) is 19.5 Å². The number of rotatable bonds is 9. The van der Waals surface area contributed by atoms with Gasteiger partial charge in [0.25, 0.3) is 10.2 Å². The van der Waals surface area contributed by atoms with Crippen molar-refractivity contribution in [3.8, 4) is 17.0 Å². The van der Waals surface area contributed by atoms with Gasteiger partial charge in [0.2, 0.25) is 5.79 Å². The molecule has 3 heterocycles. The third-order valence-electron chi connectivity index (χ3n) is 6.05. The van der Waals surface area contributed by atoms with Crippen molar-refractivity contribution in [3.05, 3.63) is 103 Å². The fourth-order valence-electron chi connectivity index (χ4n) is 4.34. The van der Waals surface area contributed by atoms with E-state index >= 15 is 0 Å². The molecule has 0 aliphatic carbocycles. The molecule has 1 fully saturated rings. The Bertz CT molecular complexity index is 1500. The molecule has 44 heavy (non-hydrogen) atoms. The van der Waals surface area contributed by atoms with Crippen LogP contribution in [-0.4, -0.2) is 65.3 Å². The number of hydrogen-bond acceptors (Lipinski definition) is 10. The molecule has 2 N–H and O–H groups in total. The number of aromatic nitrogens is 4. The third kappa shape index (κ3) is 9.45. The first-order valence-corrected chi connectivity index (χ1v) is 14.7. The maximum absolute atomic E-state index is 8.36. The quantitative estimate of drug-likeness (QED) is 0.130. The Hall–Kier alpha value is -4.09. The molecule has 0 bridgehead atoms. The van der Waals surface area contributed by atoms with Gasteiger partial charge >= 0.3 is 0 Å². The molecule has 0 spiro atoms. The summed E-state index contributed by atoms with van der Waals surface area (Å²) in [5.41, 5.74) is 2.89. The van der Waals surface area contributed by atoms with Crippen LogP contribution in [0.3, 0.4) is 0 Å². The highest BCUT2D eigenvalue weighted by molar-refractivity contribution is 7.98. The fourth-order valence-corrected chi connectivity index (χ4v) is 5.50. The number of halogens is 2. The average Bonchev–Trinajstić information content (AvgIpc) is 3.72. The molecule has 2 atom stereocenters. The molecule has 15 nitrogen and oxygen atoms in total. The topological polar surface area (TPSA) is 190 Å². The second-order valence-electron chi connectivity index (χ2n) is 8.85. The molecule has 5 rings (SSSR count). The normalized spacial score (nSPS) is 17.1. The Balaban J connectivity index is 0.000000592. The first-order valence-electron chi connectivity index (χ1n) is 12.7. The minimum atomic E-state index is -1.50. The first kappa shape index (κ1) is 34.4. The van der Waals surface area contributed by atoms with Crippen LogP contribution in [0.5, 0.6) is 5.75 Å². The van der Waals surface area contributed by atoms with Gasteiger partial charge in [0.15, 0.2) is 5.16 Å². The number of hydrogen-bond donors (Lipinski definition) is 2. The van der Waals surface area contributed by atoms with Crippen LogP contribution in [0.1, 0.15) is 12.5 Å². The van der Waals surface area contributed by atoms with E-state index in [0.717, 1.165) is 28.7 Å². The highest BCUT2D eigenvalue weighted by Crippen LogP contribution is 2.40. The van der Waals surface area contributed by atoms with E-state index in [9.17, 15) is 0 Å². The van der Waals surface area contributed by atoms with Crippen molar-refractivity contribution in [1.82, 2.24) is 19.1 Å². The van der Waals surface area contributed by atoms with Crippen molar-refractivity contribution >= 4 is 35.0 Å². The van der Waals surface area contributed by atoms with Gasteiger partial charge in [0, 0.05) is 35.1 Å². The van der Waals surface area contributed by atoms with Crippen molar-refractivity contribution in [3.63, 3.8) is 0 Å². The zero-order chi connectivity index (χ0) is 32.3. The maximum Gasteiger partial charge on any atom is 0.291 e. The molecular weight excluding hydrogens is 643 g/mol. The minimum Gasteiger partial charge on any atom is -0.491 e. The van der Waals surface area contributed by atoms with E-state index in [1.54, 1.807) is 36.4 Å². The van der Waals surface area contributed by atoms with Crippen molar-refractivity contribution < 1.29 is 34.8 Å². The Labute approximate surface area is 265 Å². The second-order valence-corrected chi connectivity index (χ2v) is 10.5. The molecular formula is C26H28Cl2N6O9S. The van der Waals surface area contributed by atoms with Crippen LogP contribution in [0.4, 0.5) is 0 Å². The lowest BCUT2D eigenvalue weighted by Crippen LogP contribution is -2.34. The van der Waals surface area contributed by atoms with Crippen LogP contribution in [0.2, 0.25) is 10.0 Å². The molecule has 4 aromatic rings. The van der Waals surface area contributed by atoms with Gasteiger partial charge < -0.3 is 33.8 Å². The van der Waals surface area contributed by atoms with E-state index < -0.39 is 16.0 Å². The number of benzene rings is 2. The van der Waals surface area contributed by atoms with Crippen LogP contribution in [0, 0.1) is 20.2 Å². The Morgan fingerprint density at radius 1 is 1.16 bits per heavy atom. The second kappa shape index (κ2) is 16.1. The summed E-state index contributed by atoms with van der Waals surface area (Å²) in [7, 11) is 0. The van der Waals surface area contributed by atoms with E-state index in [-0.39, 0.29) is 6.10 Å². The van der Waals surface area contributed by atoms with Gasteiger partial charge in [-0.25, -0.2) is 9.97 Å². The van der Waals surface area contributed by atoms with Crippen LogP contribution in [0.15, 0.2) is 72.5 Å². The standard InChI is InChI=1S/C26H26Cl2N4O3S.2HNO3/c1-3-32-24(13-30-25(32)36-2)18-4-7-20(8-5-18)33-14-21-15-34-26(35-21,16-31-11-10-29-17-31)22-9-6-19(27)12-23(22)28;2*2-1(3)4/h4-13,17,21H,3,14-16H2,1-2H3;2*(H,2,3,4). The van der Waals surface area contributed by atoms with E-state index in [1.165, 1.54) is 0 Å². The van der Waals surface area contributed by atoms with Crippen molar-refractivity contribution in [1.29, 1.82) is 0 Å². The summed E-state index contributed by atoms with van der Waals surface area (Å²) in [5.74, 6) is -0.319. The number of nitrogens with zero attached hydrogens (tertiary/aromatic N) is 6. The van der Waals surface area contributed by atoms with E-state index in [0.29, 0.717) is 35.4 Å². The first-order chi connectivity index (χ1) is 21.0. The van der Waals surface area contributed by atoms with Gasteiger partial charge in [-0.05, 0) is 49.6 Å². The monoisotopic (exact) mass is 670 g/mol. The lowest BCUT2D eigenvalue weighted by Gasteiger charge is -2.30. The Kier molecular flexibility index (Phi) is 12.6. The molecule has 0 amide bonds. The Morgan fingerprint density at radius 3 is 2.41 bits per heavy atom. The third-order valence-corrected chi connectivity index (χ3v) is 7.29. The molecule has 1 aliphatic rings. The molecule has 2 aromatic heterocycles. The molecule has 0 saturated carbocycles.